The Morgan fingerprint density at radius 1 is 1.06 bits per heavy atom. The van der Waals surface area contributed by atoms with Crippen molar-refractivity contribution in [1.29, 1.82) is 0 Å². The van der Waals surface area contributed by atoms with Crippen molar-refractivity contribution in [3.05, 3.63) is 71.5 Å². The van der Waals surface area contributed by atoms with Crippen molar-refractivity contribution in [2.24, 2.45) is 5.92 Å². The molecule has 6 nitrogen and oxygen atoms in total. The molecule has 0 saturated carbocycles. The van der Waals surface area contributed by atoms with Gasteiger partial charge in [-0.05, 0) is 67.8 Å². The monoisotopic (exact) mass is 457 g/mol. The number of ether oxygens (including phenoxy) is 3. The molecule has 0 N–H and O–H groups in total. The zero-order valence-corrected chi connectivity index (χ0v) is 20.1. The Bertz CT molecular complexity index is 1100. The molecule has 1 heterocycles. The molecule has 0 fully saturated rings. The second-order valence-corrected chi connectivity index (χ2v) is 9.99. The lowest BCUT2D eigenvalue weighted by molar-refractivity contribution is 0.231. The first-order valence-electron chi connectivity index (χ1n) is 10.6. The molecule has 3 rings (SSSR count). The molecule has 7 heteroatoms. The highest BCUT2D eigenvalue weighted by Crippen LogP contribution is 2.29. The molecule has 0 radical (unpaired) electrons. The van der Waals surface area contributed by atoms with Crippen molar-refractivity contribution in [3.63, 3.8) is 0 Å². The van der Waals surface area contributed by atoms with Gasteiger partial charge in [-0.3, -0.25) is 4.31 Å². The number of allylic oxidation sites excluding steroid dienone is 1. The van der Waals surface area contributed by atoms with Crippen molar-refractivity contribution in [2.75, 3.05) is 31.2 Å². The molecule has 1 aliphatic heterocycles. The molecule has 0 atom stereocenters. The van der Waals surface area contributed by atoms with E-state index in [9.17, 15) is 8.42 Å². The third-order valence-electron chi connectivity index (χ3n) is 5.26. The number of benzene rings is 2. The van der Waals surface area contributed by atoms with Crippen LogP contribution in [0.5, 0.6) is 11.5 Å². The van der Waals surface area contributed by atoms with Gasteiger partial charge in [0.2, 0.25) is 0 Å². The molecule has 0 bridgehead atoms. The summed E-state index contributed by atoms with van der Waals surface area (Å²) in [5.74, 6) is 2.20. The van der Waals surface area contributed by atoms with Gasteiger partial charge in [-0.15, -0.1) is 0 Å². The minimum absolute atomic E-state index is 0.143. The van der Waals surface area contributed by atoms with Crippen LogP contribution in [0.2, 0.25) is 0 Å². The van der Waals surface area contributed by atoms with Gasteiger partial charge in [0.25, 0.3) is 10.0 Å². The van der Waals surface area contributed by atoms with Crippen LogP contribution in [0.1, 0.15) is 27.7 Å². The number of hydrogen-bond donors (Lipinski definition) is 0. The zero-order chi connectivity index (χ0) is 23.3. The Morgan fingerprint density at radius 2 is 1.78 bits per heavy atom. The summed E-state index contributed by atoms with van der Waals surface area (Å²) in [5, 5.41) is 0. The quantitative estimate of drug-likeness (QED) is 0.519. The first kappa shape index (κ1) is 23.7. The lowest BCUT2D eigenvalue weighted by Crippen LogP contribution is -2.34. The SMILES string of the molecule is COc1cccc(N(CC(C)C)S(=O)(=O)c2ccc(OCC3=C(C)OCC=C3C)cc2)c1. The van der Waals surface area contributed by atoms with E-state index in [1.807, 2.05) is 33.8 Å². The molecule has 0 saturated heterocycles. The average molecular weight is 458 g/mol. The van der Waals surface area contributed by atoms with Crippen molar-refractivity contribution >= 4 is 15.7 Å². The largest absolute Gasteiger partial charge is 0.497 e. The molecule has 0 aliphatic carbocycles. The molecule has 2 aromatic rings. The summed E-state index contributed by atoms with van der Waals surface area (Å²) in [4.78, 5) is 0.209. The summed E-state index contributed by atoms with van der Waals surface area (Å²) in [7, 11) is -2.20. The van der Waals surface area contributed by atoms with E-state index < -0.39 is 10.0 Å². The van der Waals surface area contributed by atoms with Crippen LogP contribution < -0.4 is 13.8 Å². The summed E-state index contributed by atoms with van der Waals surface area (Å²) in [6.45, 7) is 9.22. The van der Waals surface area contributed by atoms with Crippen molar-refractivity contribution < 1.29 is 22.6 Å². The van der Waals surface area contributed by atoms with Crippen LogP contribution >= 0.6 is 0 Å². The fourth-order valence-electron chi connectivity index (χ4n) is 3.43. The lowest BCUT2D eigenvalue weighted by Gasteiger charge is -2.26. The summed E-state index contributed by atoms with van der Waals surface area (Å²) in [6, 6.07) is 13.6. The molecule has 2 aromatic carbocycles. The van der Waals surface area contributed by atoms with Crippen LogP contribution in [0.4, 0.5) is 5.69 Å². The van der Waals surface area contributed by atoms with E-state index in [-0.39, 0.29) is 10.8 Å². The molecule has 0 amide bonds. The van der Waals surface area contributed by atoms with Crippen LogP contribution in [0, 0.1) is 5.92 Å². The van der Waals surface area contributed by atoms with Crippen LogP contribution in [0.25, 0.3) is 0 Å². The van der Waals surface area contributed by atoms with Crippen molar-refractivity contribution in [2.45, 2.75) is 32.6 Å². The fraction of sp³-hybridized carbons (Fsp3) is 0.360. The number of nitrogens with zero attached hydrogens (tertiary/aromatic N) is 1. The van der Waals surface area contributed by atoms with Gasteiger partial charge >= 0.3 is 0 Å². The number of sulfonamides is 1. The van der Waals surface area contributed by atoms with E-state index in [0.717, 1.165) is 16.9 Å². The van der Waals surface area contributed by atoms with E-state index in [1.54, 1.807) is 55.6 Å². The second kappa shape index (κ2) is 10.1. The lowest BCUT2D eigenvalue weighted by atomic mass is 10.1. The van der Waals surface area contributed by atoms with E-state index in [0.29, 0.717) is 36.9 Å². The normalized spacial score (nSPS) is 14.1. The molecular weight excluding hydrogens is 426 g/mol. The minimum atomic E-state index is -3.76. The highest BCUT2D eigenvalue weighted by atomic mass is 32.2. The van der Waals surface area contributed by atoms with E-state index in [4.69, 9.17) is 14.2 Å². The molecular formula is C25H31NO5S. The Hall–Kier alpha value is -2.93. The third kappa shape index (κ3) is 5.46. The Kier molecular flexibility index (Phi) is 7.51. The molecule has 0 aromatic heterocycles. The number of rotatable bonds is 9. The summed E-state index contributed by atoms with van der Waals surface area (Å²) in [6.07, 6.45) is 2.02. The summed E-state index contributed by atoms with van der Waals surface area (Å²) < 4.78 is 45.1. The standard InChI is InChI=1S/C25H31NO5S/c1-18(2)16-26(21-7-6-8-23(15-21)29-5)32(27,28)24-11-9-22(10-12-24)31-17-25-19(3)13-14-30-20(25)4/h6-13,15,18H,14,16-17H2,1-5H3. The number of methoxy groups -OCH3 is 1. The molecule has 32 heavy (non-hydrogen) atoms. The maximum Gasteiger partial charge on any atom is 0.264 e. The highest BCUT2D eigenvalue weighted by Gasteiger charge is 2.26. The molecule has 0 unspecified atom stereocenters. The van der Waals surface area contributed by atoms with Gasteiger partial charge in [0.05, 0.1) is 17.7 Å². The van der Waals surface area contributed by atoms with Crippen LogP contribution in [0.3, 0.4) is 0 Å². The number of anilines is 1. The van der Waals surface area contributed by atoms with Gasteiger partial charge < -0.3 is 14.2 Å². The van der Waals surface area contributed by atoms with Gasteiger partial charge in [-0.2, -0.15) is 0 Å². The first-order valence-corrected chi connectivity index (χ1v) is 12.1. The van der Waals surface area contributed by atoms with Crippen LogP contribution in [0.15, 0.2) is 76.4 Å². The Labute approximate surface area is 191 Å². The fourth-order valence-corrected chi connectivity index (χ4v) is 5.05. The first-order chi connectivity index (χ1) is 15.2. The van der Waals surface area contributed by atoms with Gasteiger partial charge in [0.15, 0.2) is 0 Å². The second-order valence-electron chi connectivity index (χ2n) is 8.12. The van der Waals surface area contributed by atoms with Crippen LogP contribution in [-0.2, 0) is 14.8 Å². The maximum absolute atomic E-state index is 13.5. The Morgan fingerprint density at radius 3 is 2.41 bits per heavy atom. The van der Waals surface area contributed by atoms with Crippen molar-refractivity contribution in [3.8, 4) is 11.5 Å². The summed E-state index contributed by atoms with van der Waals surface area (Å²) >= 11 is 0. The van der Waals surface area contributed by atoms with E-state index >= 15 is 0 Å². The average Bonchev–Trinajstić information content (AvgIpc) is 2.77. The number of hydrogen-bond acceptors (Lipinski definition) is 5. The Balaban J connectivity index is 1.82. The molecule has 1 aliphatic rings. The molecule has 0 spiro atoms. The van der Waals surface area contributed by atoms with Crippen molar-refractivity contribution in [1.82, 2.24) is 0 Å². The third-order valence-corrected chi connectivity index (χ3v) is 7.07. The van der Waals surface area contributed by atoms with Crippen LogP contribution in [-0.4, -0.2) is 35.3 Å². The maximum atomic E-state index is 13.5. The smallest absolute Gasteiger partial charge is 0.264 e. The zero-order valence-electron chi connectivity index (χ0n) is 19.3. The predicted octanol–water partition coefficient (Wildman–Crippen LogP) is 5.18. The summed E-state index contributed by atoms with van der Waals surface area (Å²) in [5.41, 5.74) is 2.71. The highest BCUT2D eigenvalue weighted by molar-refractivity contribution is 7.92. The minimum Gasteiger partial charge on any atom is -0.497 e. The van der Waals surface area contributed by atoms with E-state index in [1.165, 1.54) is 4.31 Å². The topological polar surface area (TPSA) is 65.1 Å². The van der Waals surface area contributed by atoms with Gasteiger partial charge in [-0.1, -0.05) is 19.9 Å². The van der Waals surface area contributed by atoms with E-state index in [2.05, 4.69) is 0 Å². The van der Waals surface area contributed by atoms with Gasteiger partial charge in [0.1, 0.15) is 30.5 Å². The van der Waals surface area contributed by atoms with Gasteiger partial charge in [-0.25, -0.2) is 8.42 Å². The molecule has 172 valence electrons. The predicted molar refractivity (Wildman–Crippen MR) is 127 cm³/mol. The van der Waals surface area contributed by atoms with Gasteiger partial charge in [0, 0.05) is 18.2 Å².